The van der Waals surface area contributed by atoms with Crippen molar-refractivity contribution in [2.75, 3.05) is 51.7 Å². The fourth-order valence-electron chi connectivity index (χ4n) is 4.35. The molecule has 162 valence electrons. The van der Waals surface area contributed by atoms with E-state index in [0.29, 0.717) is 48.7 Å². The van der Waals surface area contributed by atoms with Crippen LogP contribution in [0.25, 0.3) is 0 Å². The van der Waals surface area contributed by atoms with Crippen molar-refractivity contribution in [1.29, 1.82) is 0 Å². The fourth-order valence-corrected chi connectivity index (χ4v) is 4.76. The van der Waals surface area contributed by atoms with E-state index in [1.807, 2.05) is 12.1 Å². The summed E-state index contributed by atoms with van der Waals surface area (Å²) in [6, 6.07) is 5.89. The number of piperazine rings is 1. The first-order chi connectivity index (χ1) is 13.8. The first-order valence-corrected chi connectivity index (χ1v) is 11.3. The highest BCUT2D eigenvalue weighted by Crippen LogP contribution is 2.34. The Morgan fingerprint density at radius 2 is 1.86 bits per heavy atom. The van der Waals surface area contributed by atoms with E-state index < -0.39 is 0 Å². The zero-order valence-corrected chi connectivity index (χ0v) is 18.9. The number of carbonyl (C=O) groups is 1. The molecule has 1 aliphatic heterocycles. The molecule has 1 saturated heterocycles. The molecule has 2 fully saturated rings. The van der Waals surface area contributed by atoms with Crippen molar-refractivity contribution >= 4 is 34.9 Å². The van der Waals surface area contributed by atoms with Crippen LogP contribution in [0.2, 0.25) is 10.0 Å². The van der Waals surface area contributed by atoms with Crippen LogP contribution in [0, 0.1) is 11.1 Å². The Labute approximate surface area is 183 Å². The molecule has 3 rings (SSSR count). The van der Waals surface area contributed by atoms with Gasteiger partial charge in [0.25, 0.3) is 0 Å². The average molecular weight is 443 g/mol. The molecule has 1 N–H and O–H groups in total. The molecule has 1 aliphatic carbocycles. The number of nitrogens with one attached hydrogen (secondary N) is 1. The number of carbonyl (C=O) groups excluding carboxylic acids is 1. The van der Waals surface area contributed by atoms with Gasteiger partial charge in [0.2, 0.25) is 0 Å². The van der Waals surface area contributed by atoms with Gasteiger partial charge in [-0.3, -0.25) is 0 Å². The van der Waals surface area contributed by atoms with Crippen molar-refractivity contribution in [3.05, 3.63) is 33.5 Å². The van der Waals surface area contributed by atoms with Crippen LogP contribution in [-0.4, -0.2) is 68.4 Å². The van der Waals surface area contributed by atoms with E-state index in [1.165, 1.54) is 0 Å². The maximum Gasteiger partial charge on any atom is 0.317 e. The highest BCUT2D eigenvalue weighted by Gasteiger charge is 2.29. The first-order valence-electron chi connectivity index (χ1n) is 10.5. The third kappa shape index (κ3) is 5.91. The second-order valence-electron chi connectivity index (χ2n) is 8.64. The largest absolute Gasteiger partial charge is 0.633 e. The maximum absolute atomic E-state index is 13.2. The summed E-state index contributed by atoms with van der Waals surface area (Å²) in [7, 11) is 3.52. The molecule has 1 heterocycles. The van der Waals surface area contributed by atoms with Gasteiger partial charge in [-0.05, 0) is 50.2 Å². The van der Waals surface area contributed by atoms with Gasteiger partial charge >= 0.3 is 6.03 Å². The number of hydroxylamine groups is 3. The van der Waals surface area contributed by atoms with Gasteiger partial charge in [-0.25, -0.2) is 4.79 Å². The van der Waals surface area contributed by atoms with E-state index in [2.05, 4.69) is 10.2 Å². The molecule has 6 nitrogen and oxygen atoms in total. The van der Waals surface area contributed by atoms with Crippen LogP contribution in [0.5, 0.6) is 0 Å². The Morgan fingerprint density at radius 1 is 1.21 bits per heavy atom. The van der Waals surface area contributed by atoms with Crippen LogP contribution in [0.15, 0.2) is 18.2 Å². The quantitative estimate of drug-likeness (QED) is 0.544. The van der Waals surface area contributed by atoms with Crippen LogP contribution in [-0.2, 0) is 0 Å². The summed E-state index contributed by atoms with van der Waals surface area (Å²) in [5, 5.41) is 17.4. The van der Waals surface area contributed by atoms with Crippen LogP contribution in [0.4, 0.5) is 10.5 Å². The van der Waals surface area contributed by atoms with Crippen LogP contribution in [0.3, 0.4) is 0 Å². The number of benzene rings is 1. The number of halogens is 2. The molecule has 8 heteroatoms. The highest BCUT2D eigenvalue weighted by molar-refractivity contribution is 6.43. The maximum atomic E-state index is 13.2. The lowest BCUT2D eigenvalue weighted by Gasteiger charge is -2.49. The molecule has 0 atom stereocenters. The van der Waals surface area contributed by atoms with E-state index in [1.54, 1.807) is 25.1 Å². The van der Waals surface area contributed by atoms with Crippen molar-refractivity contribution in [3.8, 4) is 0 Å². The molecule has 1 aromatic carbocycles. The zero-order chi connectivity index (χ0) is 21.0. The number of hydrogen-bond acceptors (Lipinski definition) is 3. The zero-order valence-electron chi connectivity index (χ0n) is 17.4. The SMILES string of the molecule is CN(C)C(=O)NC1CCC(CC[N+]2([O-])CCN(c3cccc(Cl)c3Cl)CC2)CC1. The Morgan fingerprint density at radius 3 is 2.48 bits per heavy atom. The molecule has 0 spiro atoms. The van der Waals surface area contributed by atoms with Gasteiger partial charge < -0.3 is 25.0 Å². The molecule has 1 saturated carbocycles. The summed E-state index contributed by atoms with van der Waals surface area (Å²) < 4.78 is -0.119. The van der Waals surface area contributed by atoms with Crippen molar-refractivity contribution in [1.82, 2.24) is 10.2 Å². The molecule has 0 aromatic heterocycles. The average Bonchev–Trinajstić information content (AvgIpc) is 2.70. The van der Waals surface area contributed by atoms with Gasteiger partial charge in [0, 0.05) is 20.1 Å². The van der Waals surface area contributed by atoms with Gasteiger partial charge in [0.1, 0.15) is 0 Å². The minimum Gasteiger partial charge on any atom is -0.633 e. The number of nitrogens with zero attached hydrogens (tertiary/aromatic N) is 3. The molecule has 0 unspecified atom stereocenters. The Kier molecular flexibility index (Phi) is 7.54. The minimum absolute atomic E-state index is 0.0183. The second-order valence-corrected chi connectivity index (χ2v) is 9.42. The number of urea groups is 1. The number of amides is 2. The topological polar surface area (TPSA) is 58.6 Å². The molecule has 2 amide bonds. The van der Waals surface area contributed by atoms with Crippen LogP contribution in [0.1, 0.15) is 32.1 Å². The van der Waals surface area contributed by atoms with Crippen LogP contribution >= 0.6 is 23.2 Å². The van der Waals surface area contributed by atoms with E-state index in [-0.39, 0.29) is 16.7 Å². The fraction of sp³-hybridized carbons (Fsp3) is 0.667. The van der Waals surface area contributed by atoms with Gasteiger partial charge in [-0.1, -0.05) is 29.3 Å². The molecular formula is C21H32Cl2N4O2. The Balaban J connectivity index is 1.42. The van der Waals surface area contributed by atoms with Crippen LogP contribution < -0.4 is 10.2 Å². The van der Waals surface area contributed by atoms with E-state index in [0.717, 1.165) is 37.8 Å². The number of hydrogen-bond donors (Lipinski definition) is 1. The van der Waals surface area contributed by atoms with Gasteiger partial charge in [-0.15, -0.1) is 0 Å². The number of anilines is 1. The minimum atomic E-state index is -0.119. The van der Waals surface area contributed by atoms with Crippen molar-refractivity contribution in [2.24, 2.45) is 5.92 Å². The molecule has 0 radical (unpaired) electrons. The predicted molar refractivity (Wildman–Crippen MR) is 119 cm³/mol. The van der Waals surface area contributed by atoms with Gasteiger partial charge in [0.05, 0.1) is 48.5 Å². The summed E-state index contributed by atoms with van der Waals surface area (Å²) in [6.45, 7) is 3.24. The van der Waals surface area contributed by atoms with E-state index in [4.69, 9.17) is 23.2 Å². The summed E-state index contributed by atoms with van der Waals surface area (Å²) in [4.78, 5) is 15.5. The molecule has 0 bridgehead atoms. The third-order valence-corrected chi connectivity index (χ3v) is 7.16. The van der Waals surface area contributed by atoms with Crippen molar-refractivity contribution < 1.29 is 9.44 Å². The van der Waals surface area contributed by atoms with Gasteiger partial charge in [0.15, 0.2) is 0 Å². The lowest BCUT2D eigenvalue weighted by Crippen LogP contribution is -2.57. The molecule has 29 heavy (non-hydrogen) atoms. The lowest BCUT2D eigenvalue weighted by molar-refractivity contribution is -0.881. The highest BCUT2D eigenvalue weighted by atomic mass is 35.5. The number of quaternary nitrogens is 1. The van der Waals surface area contributed by atoms with Crippen molar-refractivity contribution in [2.45, 2.75) is 38.1 Å². The summed E-state index contributed by atoms with van der Waals surface area (Å²) in [5.41, 5.74) is 0.920. The van der Waals surface area contributed by atoms with Gasteiger partial charge in [-0.2, -0.15) is 0 Å². The molecule has 1 aromatic rings. The summed E-state index contributed by atoms with van der Waals surface area (Å²) in [6.07, 6.45) is 5.15. The number of rotatable bonds is 5. The Hall–Kier alpha value is -1.21. The summed E-state index contributed by atoms with van der Waals surface area (Å²) in [5.74, 6) is 0.590. The summed E-state index contributed by atoms with van der Waals surface area (Å²) >= 11 is 12.5. The van der Waals surface area contributed by atoms with E-state index in [9.17, 15) is 10.0 Å². The molecular weight excluding hydrogens is 411 g/mol. The van der Waals surface area contributed by atoms with Crippen molar-refractivity contribution in [3.63, 3.8) is 0 Å². The molecule has 2 aliphatic rings. The predicted octanol–water partition coefficient (Wildman–Crippen LogP) is 4.35. The lowest BCUT2D eigenvalue weighted by atomic mass is 9.84. The third-order valence-electron chi connectivity index (χ3n) is 6.35. The standard InChI is InChI=1S/C21H32Cl2N4O2/c1-25(2)21(28)24-17-8-6-16(7-9-17)10-13-27(29)14-11-26(12-15-27)19-5-3-4-18(22)20(19)23/h3-5,16-17H,6-15H2,1-2H3,(H,24,28). The second kappa shape index (κ2) is 9.73. The Bertz CT molecular complexity index is 700. The monoisotopic (exact) mass is 442 g/mol. The normalized spacial score (nSPS) is 24.2. The smallest absolute Gasteiger partial charge is 0.317 e. The van der Waals surface area contributed by atoms with E-state index >= 15 is 0 Å². The first kappa shape index (κ1) is 22.5.